The van der Waals surface area contributed by atoms with Gasteiger partial charge in [0.2, 0.25) is 0 Å². The van der Waals surface area contributed by atoms with Gasteiger partial charge >= 0.3 is 12.0 Å². The van der Waals surface area contributed by atoms with Crippen molar-refractivity contribution in [1.29, 1.82) is 0 Å². The number of anilines is 2. The number of para-hydroxylation sites is 2. The van der Waals surface area contributed by atoms with Gasteiger partial charge in [-0.15, -0.1) is 0 Å². The van der Waals surface area contributed by atoms with Gasteiger partial charge in [0.1, 0.15) is 0 Å². The highest BCUT2D eigenvalue weighted by Crippen LogP contribution is 2.38. The molecule has 2 nitrogen and oxygen atoms in total. The highest BCUT2D eigenvalue weighted by Gasteiger charge is 2.55. The maximum absolute atomic E-state index is 13.8. The summed E-state index contributed by atoms with van der Waals surface area (Å²) in [6, 6.07) is 12.5. The third-order valence-corrected chi connectivity index (χ3v) is 3.80. The highest BCUT2D eigenvalue weighted by atomic mass is 19.3. The molecule has 0 atom stereocenters. The molecule has 2 aromatic rings. The summed E-state index contributed by atoms with van der Waals surface area (Å²) in [7, 11) is 0. The molecule has 136 valence electrons. The molecule has 0 spiro atoms. The van der Waals surface area contributed by atoms with Gasteiger partial charge in [0.05, 0.1) is 0 Å². The molecular formula is C19H22F4N2. The molecule has 6 heteroatoms. The topological polar surface area (TPSA) is 24.1 Å². The second-order valence-corrected chi connectivity index (χ2v) is 5.87. The van der Waals surface area contributed by atoms with Crippen LogP contribution in [0.3, 0.4) is 0 Å². The second kappa shape index (κ2) is 8.74. The Hall–Kier alpha value is -2.24. The van der Waals surface area contributed by atoms with E-state index >= 15 is 0 Å². The normalized spacial score (nSPS) is 12.0. The van der Waals surface area contributed by atoms with Gasteiger partial charge in [-0.25, -0.2) is 0 Å². The van der Waals surface area contributed by atoms with Crippen LogP contribution in [0.25, 0.3) is 0 Å². The first-order valence-electron chi connectivity index (χ1n) is 8.28. The third-order valence-electron chi connectivity index (χ3n) is 3.80. The highest BCUT2D eigenvalue weighted by molar-refractivity contribution is 5.44. The van der Waals surface area contributed by atoms with Gasteiger partial charge in [-0.3, -0.25) is 0 Å². The summed E-state index contributed by atoms with van der Waals surface area (Å²) in [4.78, 5) is 0. The van der Waals surface area contributed by atoms with Crippen LogP contribution in [-0.4, -0.2) is 18.5 Å². The molecule has 0 unspecified atom stereocenters. The Labute approximate surface area is 145 Å². The van der Waals surface area contributed by atoms with Crippen LogP contribution in [-0.2, 0) is 0 Å². The quantitative estimate of drug-likeness (QED) is 0.311. The predicted molar refractivity (Wildman–Crippen MR) is 93.4 cm³/mol. The number of rotatable bonds is 10. The molecule has 0 heterocycles. The maximum atomic E-state index is 13.8. The number of hydrogen-bond acceptors (Lipinski definition) is 2. The van der Waals surface area contributed by atoms with Crippen LogP contribution >= 0.6 is 0 Å². The van der Waals surface area contributed by atoms with Crippen molar-refractivity contribution in [2.75, 3.05) is 17.2 Å². The summed E-state index contributed by atoms with van der Waals surface area (Å²) < 4.78 is 55.3. The maximum Gasteiger partial charge on any atom is 0.386 e. The Morgan fingerprint density at radius 1 is 0.680 bits per heavy atom. The van der Waals surface area contributed by atoms with E-state index in [4.69, 9.17) is 0 Å². The van der Waals surface area contributed by atoms with Crippen LogP contribution in [0.2, 0.25) is 0 Å². The zero-order valence-electron chi connectivity index (χ0n) is 13.8. The van der Waals surface area contributed by atoms with Crippen LogP contribution in [0.4, 0.5) is 28.9 Å². The van der Waals surface area contributed by atoms with E-state index in [1.165, 1.54) is 24.3 Å². The van der Waals surface area contributed by atoms with Crippen molar-refractivity contribution >= 4 is 11.4 Å². The largest absolute Gasteiger partial charge is 0.386 e. The molecule has 2 rings (SSSR count). The Bertz CT molecular complexity index is 618. The van der Waals surface area contributed by atoms with Gasteiger partial charge in [-0.2, -0.15) is 17.6 Å². The van der Waals surface area contributed by atoms with Crippen LogP contribution in [0.15, 0.2) is 60.7 Å². The molecule has 0 saturated carbocycles. The average Bonchev–Trinajstić information content (AvgIpc) is 2.59. The summed E-state index contributed by atoms with van der Waals surface area (Å²) in [6.45, 7) is 0.619. The number of halogens is 4. The molecule has 0 radical (unpaired) electrons. The lowest BCUT2D eigenvalue weighted by atomic mass is 10.1. The van der Waals surface area contributed by atoms with E-state index in [1.807, 2.05) is 30.3 Å². The molecule has 0 aromatic heterocycles. The lowest BCUT2D eigenvalue weighted by molar-refractivity contribution is -0.195. The van der Waals surface area contributed by atoms with Crippen molar-refractivity contribution in [3.63, 3.8) is 0 Å². The number of nitrogens with one attached hydrogen (secondary N) is 2. The van der Waals surface area contributed by atoms with Gasteiger partial charge in [0.25, 0.3) is 0 Å². The zero-order chi connectivity index (χ0) is 18.2. The number of hydrogen-bond donors (Lipinski definition) is 2. The Morgan fingerprint density at radius 2 is 1.24 bits per heavy atom. The molecule has 0 fully saturated rings. The molecule has 0 bridgehead atoms. The molecule has 25 heavy (non-hydrogen) atoms. The summed E-state index contributed by atoms with van der Waals surface area (Å²) in [5.41, 5.74) is 0.922. The first-order valence-corrected chi connectivity index (χ1v) is 8.28. The van der Waals surface area contributed by atoms with Crippen LogP contribution in [0.5, 0.6) is 0 Å². The van der Waals surface area contributed by atoms with E-state index in [1.54, 1.807) is 11.4 Å². The van der Waals surface area contributed by atoms with Crippen molar-refractivity contribution in [3.8, 4) is 0 Å². The number of unbranched alkanes of at least 4 members (excludes halogenated alkanes) is 2. The average molecular weight is 354 g/mol. The molecule has 2 N–H and O–H groups in total. The van der Waals surface area contributed by atoms with E-state index in [0.29, 0.717) is 19.4 Å². The Balaban J connectivity index is 1.71. The van der Waals surface area contributed by atoms with E-state index < -0.39 is 18.4 Å². The summed E-state index contributed by atoms with van der Waals surface area (Å²) in [5, 5.41) is 4.79. The fourth-order valence-corrected chi connectivity index (χ4v) is 2.39. The van der Waals surface area contributed by atoms with E-state index in [-0.39, 0.29) is 12.1 Å². The first kappa shape index (κ1) is 19.1. The van der Waals surface area contributed by atoms with Crippen molar-refractivity contribution in [2.45, 2.75) is 37.7 Å². The minimum absolute atomic E-state index is 0.0285. The van der Waals surface area contributed by atoms with E-state index in [9.17, 15) is 17.6 Å². The number of alkyl halides is 4. The lowest BCUT2D eigenvalue weighted by Gasteiger charge is -2.28. The Morgan fingerprint density at radius 3 is 1.84 bits per heavy atom. The van der Waals surface area contributed by atoms with Crippen molar-refractivity contribution < 1.29 is 17.6 Å². The molecule has 0 saturated heterocycles. The van der Waals surface area contributed by atoms with Crippen LogP contribution in [0, 0.1) is 0 Å². The minimum atomic E-state index is -4.28. The van der Waals surface area contributed by atoms with Crippen LogP contribution < -0.4 is 10.6 Å². The zero-order valence-corrected chi connectivity index (χ0v) is 13.8. The predicted octanol–water partition coefficient (Wildman–Crippen LogP) is 6.00. The molecule has 2 aromatic carbocycles. The van der Waals surface area contributed by atoms with Gasteiger partial charge < -0.3 is 10.6 Å². The summed E-state index contributed by atoms with van der Waals surface area (Å²) >= 11 is 0. The molecular weight excluding hydrogens is 332 g/mol. The Kier molecular flexibility index (Phi) is 6.67. The first-order chi connectivity index (χ1) is 11.9. The van der Waals surface area contributed by atoms with Crippen molar-refractivity contribution in [3.05, 3.63) is 60.7 Å². The summed E-state index contributed by atoms with van der Waals surface area (Å²) in [5.74, 6) is -4.10. The summed E-state index contributed by atoms with van der Waals surface area (Å²) in [6.07, 6.45) is 0.278. The van der Waals surface area contributed by atoms with Gasteiger partial charge in [0, 0.05) is 24.3 Å². The smallest absolute Gasteiger partial charge is 0.385 e. The molecule has 0 amide bonds. The van der Waals surface area contributed by atoms with Gasteiger partial charge in [-0.1, -0.05) is 42.8 Å². The SMILES string of the molecule is FC(F)(CCCCCNc1ccccc1)C(F)(F)Nc1ccccc1. The second-order valence-electron chi connectivity index (χ2n) is 5.87. The molecule has 0 aliphatic heterocycles. The van der Waals surface area contributed by atoms with Crippen molar-refractivity contribution in [1.82, 2.24) is 0 Å². The standard InChI is InChI=1S/C19H22F4N2/c20-18(21,19(22,23)25-17-12-6-2-7-13-17)14-8-3-9-15-24-16-10-4-1-5-11-16/h1-2,4-7,10-13,24-25H,3,8-9,14-15H2. The van der Waals surface area contributed by atoms with Gasteiger partial charge in [0.15, 0.2) is 0 Å². The molecule has 0 aliphatic rings. The minimum Gasteiger partial charge on any atom is -0.385 e. The fourth-order valence-electron chi connectivity index (χ4n) is 2.39. The van der Waals surface area contributed by atoms with Gasteiger partial charge in [-0.05, 0) is 37.1 Å². The molecule has 0 aliphatic carbocycles. The van der Waals surface area contributed by atoms with E-state index in [0.717, 1.165) is 5.69 Å². The number of benzene rings is 2. The monoisotopic (exact) mass is 354 g/mol. The fraction of sp³-hybridized carbons (Fsp3) is 0.368. The lowest BCUT2D eigenvalue weighted by Crippen LogP contribution is -2.46. The van der Waals surface area contributed by atoms with E-state index in [2.05, 4.69) is 5.32 Å². The third kappa shape index (κ3) is 5.96. The van der Waals surface area contributed by atoms with Crippen LogP contribution in [0.1, 0.15) is 25.7 Å². The van der Waals surface area contributed by atoms with Crippen molar-refractivity contribution in [2.24, 2.45) is 0 Å².